The van der Waals surface area contributed by atoms with Crippen LogP contribution < -0.4 is 5.32 Å². The monoisotopic (exact) mass is 295 g/mol. The highest BCUT2D eigenvalue weighted by Gasteiger charge is 2.15. The van der Waals surface area contributed by atoms with E-state index in [0.717, 1.165) is 17.8 Å². The van der Waals surface area contributed by atoms with Crippen LogP contribution in [0.25, 0.3) is 11.3 Å². The zero-order chi connectivity index (χ0) is 15.4. The molecule has 5 heteroatoms. The molecule has 2 aromatic heterocycles. The van der Waals surface area contributed by atoms with E-state index in [2.05, 4.69) is 46.6 Å². The molecule has 0 saturated heterocycles. The first-order chi connectivity index (χ1) is 10.8. The van der Waals surface area contributed by atoms with Crippen molar-refractivity contribution in [3.05, 3.63) is 60.6 Å². The van der Waals surface area contributed by atoms with Crippen LogP contribution in [0.15, 0.2) is 55.0 Å². The number of nitrogens with zero attached hydrogens (tertiary/aromatic N) is 3. The number of aromatic amines is 1. The van der Waals surface area contributed by atoms with E-state index in [0.29, 0.717) is 12.1 Å². The predicted octanol–water partition coefficient (Wildman–Crippen LogP) is 3.01. The summed E-state index contributed by atoms with van der Waals surface area (Å²) >= 11 is 0. The fourth-order valence-electron chi connectivity index (χ4n) is 2.49. The van der Waals surface area contributed by atoms with E-state index in [4.69, 9.17) is 0 Å². The van der Waals surface area contributed by atoms with Gasteiger partial charge in [-0.1, -0.05) is 30.3 Å². The van der Waals surface area contributed by atoms with Gasteiger partial charge in [-0.2, -0.15) is 10.2 Å². The van der Waals surface area contributed by atoms with Crippen LogP contribution >= 0.6 is 0 Å². The Labute approximate surface area is 130 Å². The van der Waals surface area contributed by atoms with Gasteiger partial charge in [-0.25, -0.2) is 0 Å². The number of rotatable bonds is 6. The SMILES string of the molecule is C[C@H](NCc1cn[nH]c1-c1ccccc1)[C@@H](C)n1cccn1. The van der Waals surface area contributed by atoms with Gasteiger partial charge < -0.3 is 5.32 Å². The molecule has 3 aromatic rings. The van der Waals surface area contributed by atoms with Crippen molar-refractivity contribution in [3.8, 4) is 11.3 Å². The average molecular weight is 295 g/mol. The number of hydrogen-bond acceptors (Lipinski definition) is 3. The Bertz CT molecular complexity index is 687. The van der Waals surface area contributed by atoms with E-state index in [1.165, 1.54) is 5.56 Å². The summed E-state index contributed by atoms with van der Waals surface area (Å²) in [6.45, 7) is 5.11. The van der Waals surface area contributed by atoms with Crippen LogP contribution in [0, 0.1) is 0 Å². The van der Waals surface area contributed by atoms with Crippen LogP contribution in [0.5, 0.6) is 0 Å². The number of H-pyrrole nitrogens is 1. The van der Waals surface area contributed by atoms with Gasteiger partial charge in [0, 0.05) is 30.5 Å². The van der Waals surface area contributed by atoms with Gasteiger partial charge in [0.05, 0.1) is 17.9 Å². The van der Waals surface area contributed by atoms with Gasteiger partial charge >= 0.3 is 0 Å². The summed E-state index contributed by atoms with van der Waals surface area (Å²) < 4.78 is 1.98. The summed E-state index contributed by atoms with van der Waals surface area (Å²) in [7, 11) is 0. The second-order valence-electron chi connectivity index (χ2n) is 5.53. The molecule has 22 heavy (non-hydrogen) atoms. The van der Waals surface area contributed by atoms with Crippen LogP contribution in [-0.2, 0) is 6.54 Å². The van der Waals surface area contributed by atoms with Crippen LogP contribution in [0.3, 0.4) is 0 Å². The molecule has 2 heterocycles. The van der Waals surface area contributed by atoms with E-state index in [9.17, 15) is 0 Å². The normalized spacial score (nSPS) is 13.9. The van der Waals surface area contributed by atoms with Crippen LogP contribution in [-0.4, -0.2) is 26.0 Å². The Kier molecular flexibility index (Phi) is 4.34. The summed E-state index contributed by atoms with van der Waals surface area (Å²) in [4.78, 5) is 0. The molecule has 3 rings (SSSR count). The number of hydrogen-bond donors (Lipinski definition) is 2. The third-order valence-electron chi connectivity index (χ3n) is 4.06. The molecule has 0 aliphatic carbocycles. The topological polar surface area (TPSA) is 58.5 Å². The summed E-state index contributed by atoms with van der Waals surface area (Å²) in [5, 5.41) is 15.2. The quantitative estimate of drug-likeness (QED) is 0.735. The lowest BCUT2D eigenvalue weighted by molar-refractivity contribution is 0.365. The Balaban J connectivity index is 1.66. The molecule has 0 radical (unpaired) electrons. The minimum Gasteiger partial charge on any atom is -0.308 e. The standard InChI is InChI=1S/C17H21N5/c1-13(14(2)22-10-6-9-20-22)18-11-16-12-19-21-17(16)15-7-4-3-5-8-15/h3-10,12-14,18H,11H2,1-2H3,(H,19,21)/t13-,14+/m0/s1. The summed E-state index contributed by atoms with van der Waals surface area (Å²) in [6.07, 6.45) is 5.70. The van der Waals surface area contributed by atoms with Crippen molar-refractivity contribution in [2.75, 3.05) is 0 Å². The maximum absolute atomic E-state index is 4.31. The molecule has 2 N–H and O–H groups in total. The van der Waals surface area contributed by atoms with Crippen molar-refractivity contribution < 1.29 is 0 Å². The van der Waals surface area contributed by atoms with Crippen LogP contribution in [0.2, 0.25) is 0 Å². The van der Waals surface area contributed by atoms with Gasteiger partial charge in [-0.15, -0.1) is 0 Å². The third kappa shape index (κ3) is 3.09. The lowest BCUT2D eigenvalue weighted by Gasteiger charge is -2.21. The first-order valence-corrected chi connectivity index (χ1v) is 7.56. The summed E-state index contributed by atoms with van der Waals surface area (Å²) in [5.74, 6) is 0. The number of benzene rings is 1. The Hall–Kier alpha value is -2.40. The Morgan fingerprint density at radius 2 is 2.00 bits per heavy atom. The first kappa shape index (κ1) is 14.5. The molecule has 2 atom stereocenters. The number of aromatic nitrogens is 4. The molecule has 0 amide bonds. The maximum Gasteiger partial charge on any atom is 0.0695 e. The lowest BCUT2D eigenvalue weighted by atomic mass is 10.1. The van der Waals surface area contributed by atoms with Gasteiger partial charge in [0.2, 0.25) is 0 Å². The molecule has 0 aliphatic rings. The van der Waals surface area contributed by atoms with E-state index in [1.54, 1.807) is 0 Å². The largest absolute Gasteiger partial charge is 0.308 e. The molecule has 0 unspecified atom stereocenters. The fraction of sp³-hybridized carbons (Fsp3) is 0.294. The van der Waals surface area contributed by atoms with Crippen LogP contribution in [0.4, 0.5) is 0 Å². The van der Waals surface area contributed by atoms with Crippen molar-refractivity contribution in [1.82, 2.24) is 25.3 Å². The Morgan fingerprint density at radius 3 is 2.73 bits per heavy atom. The maximum atomic E-state index is 4.31. The van der Waals surface area contributed by atoms with E-state index >= 15 is 0 Å². The third-order valence-corrected chi connectivity index (χ3v) is 4.06. The highest BCUT2D eigenvalue weighted by molar-refractivity contribution is 5.62. The number of nitrogens with one attached hydrogen (secondary N) is 2. The van der Waals surface area contributed by atoms with Gasteiger partial charge in [0.15, 0.2) is 0 Å². The van der Waals surface area contributed by atoms with Crippen molar-refractivity contribution in [2.45, 2.75) is 32.5 Å². The van der Waals surface area contributed by atoms with Gasteiger partial charge in [0.25, 0.3) is 0 Å². The molecule has 5 nitrogen and oxygen atoms in total. The Morgan fingerprint density at radius 1 is 1.18 bits per heavy atom. The predicted molar refractivity (Wildman–Crippen MR) is 87.3 cm³/mol. The van der Waals surface area contributed by atoms with E-state index in [-0.39, 0.29) is 0 Å². The smallest absolute Gasteiger partial charge is 0.0695 e. The molecule has 0 bridgehead atoms. The molecular formula is C17H21N5. The first-order valence-electron chi connectivity index (χ1n) is 7.56. The zero-order valence-electron chi connectivity index (χ0n) is 12.9. The van der Waals surface area contributed by atoms with Gasteiger partial charge in [-0.3, -0.25) is 9.78 Å². The van der Waals surface area contributed by atoms with Gasteiger partial charge in [-0.05, 0) is 25.5 Å². The van der Waals surface area contributed by atoms with Gasteiger partial charge in [0.1, 0.15) is 0 Å². The molecule has 0 saturated carbocycles. The second-order valence-corrected chi connectivity index (χ2v) is 5.53. The molecule has 114 valence electrons. The molecular weight excluding hydrogens is 274 g/mol. The lowest BCUT2D eigenvalue weighted by Crippen LogP contribution is -2.33. The van der Waals surface area contributed by atoms with Crippen molar-refractivity contribution in [3.63, 3.8) is 0 Å². The molecule has 0 fully saturated rings. The fourth-order valence-corrected chi connectivity index (χ4v) is 2.49. The molecule has 0 aliphatic heterocycles. The minimum atomic E-state index is 0.294. The second kappa shape index (κ2) is 6.58. The van der Waals surface area contributed by atoms with Crippen molar-refractivity contribution in [2.24, 2.45) is 0 Å². The average Bonchev–Trinajstić information content (AvgIpc) is 3.24. The molecule has 0 spiro atoms. The zero-order valence-corrected chi connectivity index (χ0v) is 12.9. The van der Waals surface area contributed by atoms with Crippen molar-refractivity contribution in [1.29, 1.82) is 0 Å². The highest BCUT2D eigenvalue weighted by Crippen LogP contribution is 2.21. The highest BCUT2D eigenvalue weighted by atomic mass is 15.3. The molecule has 1 aromatic carbocycles. The van der Waals surface area contributed by atoms with Crippen molar-refractivity contribution >= 4 is 0 Å². The van der Waals surface area contributed by atoms with Crippen LogP contribution in [0.1, 0.15) is 25.5 Å². The summed E-state index contributed by atoms with van der Waals surface area (Å²) in [5.41, 5.74) is 3.40. The minimum absolute atomic E-state index is 0.294. The van der Waals surface area contributed by atoms with E-state index < -0.39 is 0 Å². The summed E-state index contributed by atoms with van der Waals surface area (Å²) in [6, 6.07) is 12.8. The van der Waals surface area contributed by atoms with E-state index in [1.807, 2.05) is 47.5 Å².